The maximum Gasteiger partial charge on any atom is 0.254 e. The molecule has 3 rings (SSSR count). The van der Waals surface area contributed by atoms with Crippen molar-refractivity contribution in [1.29, 1.82) is 0 Å². The fourth-order valence-corrected chi connectivity index (χ4v) is 3.82. The fraction of sp³-hybridized carbons (Fsp3) is 0.444. The van der Waals surface area contributed by atoms with Gasteiger partial charge in [-0.15, -0.1) is 6.42 Å². The van der Waals surface area contributed by atoms with Crippen LogP contribution in [0.15, 0.2) is 29.2 Å². The minimum Gasteiger partial charge on any atom is -0.367 e. The molecule has 0 aromatic heterocycles. The van der Waals surface area contributed by atoms with Gasteiger partial charge in [-0.2, -0.15) is 4.72 Å². The number of nitrogens with one attached hydrogen (secondary N) is 1. The van der Waals surface area contributed by atoms with Crippen LogP contribution in [0.2, 0.25) is 0 Å². The Morgan fingerprint density at radius 2 is 2.12 bits per heavy atom. The molecule has 8 heteroatoms. The molecule has 26 heavy (non-hydrogen) atoms. The number of sulfonamides is 1. The predicted octanol–water partition coefficient (Wildman–Crippen LogP) is 0.418. The molecule has 2 aliphatic rings. The molecular formula is C18H20N2O5S. The summed E-state index contributed by atoms with van der Waals surface area (Å²) < 4.78 is 32.1. The van der Waals surface area contributed by atoms with E-state index in [1.165, 1.54) is 23.1 Å². The summed E-state index contributed by atoms with van der Waals surface area (Å²) in [6.45, 7) is 0.714. The molecule has 1 aliphatic carbocycles. The molecule has 1 heterocycles. The number of hydrogen-bond donors (Lipinski definition) is 1. The molecule has 1 atom stereocenters. The number of morpholine rings is 1. The van der Waals surface area contributed by atoms with Crippen LogP contribution in [0.5, 0.6) is 0 Å². The number of ether oxygens (including phenoxy) is 1. The quantitative estimate of drug-likeness (QED) is 0.727. The lowest BCUT2D eigenvalue weighted by Crippen LogP contribution is -2.49. The summed E-state index contributed by atoms with van der Waals surface area (Å²) in [5, 5.41) is 0. The van der Waals surface area contributed by atoms with E-state index < -0.39 is 16.1 Å². The first-order valence-electron chi connectivity index (χ1n) is 8.40. The van der Waals surface area contributed by atoms with Crippen molar-refractivity contribution in [3.05, 3.63) is 29.8 Å². The maximum atomic E-state index is 12.8. The van der Waals surface area contributed by atoms with E-state index in [2.05, 4.69) is 10.6 Å². The van der Waals surface area contributed by atoms with Crippen LogP contribution in [0, 0.1) is 18.3 Å². The number of Topliss-reactive ketones (excluding diaryl/α,β-unsaturated/α-hetero) is 1. The summed E-state index contributed by atoms with van der Waals surface area (Å²) in [5.74, 6) is 1.99. The molecule has 0 spiro atoms. The zero-order chi connectivity index (χ0) is 18.7. The molecule has 7 nitrogen and oxygen atoms in total. The standard InChI is InChI=1S/C18H20N2O5S/c1-2-8-19-26(23,24)15-5-3-4-14(11-15)18(22)20-9-10-25-16(12-20)17(21)13-6-7-13/h1,3-5,11,13,16,19H,6-10,12H2. The first-order chi connectivity index (χ1) is 12.4. The molecule has 2 fully saturated rings. The highest BCUT2D eigenvalue weighted by molar-refractivity contribution is 7.89. The lowest BCUT2D eigenvalue weighted by atomic mass is 10.1. The van der Waals surface area contributed by atoms with Gasteiger partial charge in [-0.05, 0) is 31.0 Å². The normalized spacial score (nSPS) is 20.4. The largest absolute Gasteiger partial charge is 0.367 e. The SMILES string of the molecule is C#CCNS(=O)(=O)c1cccc(C(=O)N2CCOC(C(=O)C3CC3)C2)c1. The Morgan fingerprint density at radius 1 is 1.35 bits per heavy atom. The van der Waals surface area contributed by atoms with Gasteiger partial charge in [0.15, 0.2) is 5.78 Å². The van der Waals surface area contributed by atoms with E-state index in [1.54, 1.807) is 6.07 Å². The van der Waals surface area contributed by atoms with E-state index in [0.29, 0.717) is 6.54 Å². The van der Waals surface area contributed by atoms with Gasteiger partial charge in [0.2, 0.25) is 10.0 Å². The molecule has 1 aliphatic heterocycles. The summed E-state index contributed by atoms with van der Waals surface area (Å²) in [6, 6.07) is 5.77. The van der Waals surface area contributed by atoms with Crippen LogP contribution >= 0.6 is 0 Å². The molecule has 138 valence electrons. The second-order valence-electron chi connectivity index (χ2n) is 6.34. The molecule has 1 aromatic rings. The second kappa shape index (κ2) is 7.58. The number of carbonyl (C=O) groups is 2. The van der Waals surface area contributed by atoms with E-state index in [9.17, 15) is 18.0 Å². The summed E-state index contributed by atoms with van der Waals surface area (Å²) in [6.07, 6.45) is 6.25. The number of ketones is 1. The molecule has 0 radical (unpaired) electrons. The first kappa shape index (κ1) is 18.6. The smallest absolute Gasteiger partial charge is 0.254 e. The van der Waals surface area contributed by atoms with Crippen molar-refractivity contribution in [2.24, 2.45) is 5.92 Å². The van der Waals surface area contributed by atoms with Crippen LogP contribution in [0.4, 0.5) is 0 Å². The molecule has 0 bridgehead atoms. The van der Waals surface area contributed by atoms with Crippen LogP contribution in [-0.4, -0.2) is 57.4 Å². The van der Waals surface area contributed by atoms with Crippen molar-refractivity contribution in [2.45, 2.75) is 23.8 Å². The van der Waals surface area contributed by atoms with Crippen molar-refractivity contribution in [2.75, 3.05) is 26.2 Å². The zero-order valence-corrected chi connectivity index (χ0v) is 15.0. The van der Waals surface area contributed by atoms with Crippen LogP contribution < -0.4 is 4.72 Å². The number of carbonyl (C=O) groups excluding carboxylic acids is 2. The van der Waals surface area contributed by atoms with Crippen LogP contribution in [-0.2, 0) is 19.6 Å². The number of amides is 1. The van der Waals surface area contributed by atoms with E-state index in [4.69, 9.17) is 11.2 Å². The molecule has 1 saturated carbocycles. The Labute approximate surface area is 152 Å². The monoisotopic (exact) mass is 376 g/mol. The van der Waals surface area contributed by atoms with Crippen LogP contribution in [0.1, 0.15) is 23.2 Å². The van der Waals surface area contributed by atoms with Crippen molar-refractivity contribution in [1.82, 2.24) is 9.62 Å². The topological polar surface area (TPSA) is 92.8 Å². The van der Waals surface area contributed by atoms with Gasteiger partial charge in [-0.25, -0.2) is 8.42 Å². The highest BCUT2D eigenvalue weighted by atomic mass is 32.2. The Hall–Kier alpha value is -2.21. The van der Waals surface area contributed by atoms with E-state index in [-0.39, 0.29) is 47.8 Å². The highest BCUT2D eigenvalue weighted by Crippen LogP contribution is 2.32. The number of rotatable bonds is 6. The van der Waals surface area contributed by atoms with Crippen molar-refractivity contribution in [3.63, 3.8) is 0 Å². The number of terminal acetylenes is 1. The Bertz CT molecular complexity index is 855. The number of hydrogen-bond acceptors (Lipinski definition) is 5. The van der Waals surface area contributed by atoms with E-state index in [0.717, 1.165) is 12.8 Å². The maximum absolute atomic E-state index is 12.8. The number of nitrogens with zero attached hydrogens (tertiary/aromatic N) is 1. The minimum atomic E-state index is -3.78. The van der Waals surface area contributed by atoms with Crippen molar-refractivity contribution in [3.8, 4) is 12.3 Å². The molecule has 1 N–H and O–H groups in total. The van der Waals surface area contributed by atoms with Gasteiger partial charge >= 0.3 is 0 Å². The minimum absolute atomic E-state index is 0.0301. The summed E-state index contributed by atoms with van der Waals surface area (Å²) >= 11 is 0. The lowest BCUT2D eigenvalue weighted by molar-refractivity contribution is -0.136. The number of benzene rings is 1. The summed E-state index contributed by atoms with van der Waals surface area (Å²) in [7, 11) is -3.78. The van der Waals surface area contributed by atoms with E-state index in [1.807, 2.05) is 0 Å². The van der Waals surface area contributed by atoms with Crippen LogP contribution in [0.3, 0.4) is 0 Å². The van der Waals surface area contributed by atoms with Gasteiger partial charge in [-0.1, -0.05) is 12.0 Å². The first-order valence-corrected chi connectivity index (χ1v) is 9.88. The third-order valence-electron chi connectivity index (χ3n) is 4.41. The average Bonchev–Trinajstić information content (AvgIpc) is 3.50. The average molecular weight is 376 g/mol. The van der Waals surface area contributed by atoms with Crippen molar-refractivity contribution >= 4 is 21.7 Å². The van der Waals surface area contributed by atoms with E-state index >= 15 is 0 Å². The summed E-state index contributed by atoms with van der Waals surface area (Å²) in [5.41, 5.74) is 0.244. The van der Waals surface area contributed by atoms with Gasteiger partial charge in [0, 0.05) is 18.0 Å². The molecule has 1 amide bonds. The fourth-order valence-electron chi connectivity index (χ4n) is 2.84. The third kappa shape index (κ3) is 4.12. The lowest BCUT2D eigenvalue weighted by Gasteiger charge is -2.32. The van der Waals surface area contributed by atoms with Gasteiger partial charge in [0.05, 0.1) is 24.6 Å². The van der Waals surface area contributed by atoms with Gasteiger partial charge in [-0.3, -0.25) is 9.59 Å². The highest BCUT2D eigenvalue weighted by Gasteiger charge is 2.38. The Balaban J connectivity index is 1.74. The van der Waals surface area contributed by atoms with Gasteiger partial charge in [0.1, 0.15) is 6.10 Å². The molecule has 1 saturated heterocycles. The summed E-state index contributed by atoms with van der Waals surface area (Å²) in [4.78, 5) is 26.4. The third-order valence-corrected chi connectivity index (χ3v) is 5.81. The zero-order valence-electron chi connectivity index (χ0n) is 14.2. The van der Waals surface area contributed by atoms with Gasteiger partial charge in [0.25, 0.3) is 5.91 Å². The Kier molecular flexibility index (Phi) is 5.41. The molecular weight excluding hydrogens is 356 g/mol. The molecule has 1 unspecified atom stereocenters. The Morgan fingerprint density at radius 3 is 2.81 bits per heavy atom. The van der Waals surface area contributed by atoms with Crippen LogP contribution in [0.25, 0.3) is 0 Å². The predicted molar refractivity (Wildman–Crippen MR) is 93.8 cm³/mol. The molecule has 1 aromatic carbocycles. The van der Waals surface area contributed by atoms with Gasteiger partial charge < -0.3 is 9.64 Å². The van der Waals surface area contributed by atoms with Crippen molar-refractivity contribution < 1.29 is 22.7 Å². The second-order valence-corrected chi connectivity index (χ2v) is 8.11.